The van der Waals surface area contributed by atoms with Crippen LogP contribution in [0.15, 0.2) is 110 Å². The van der Waals surface area contributed by atoms with Crippen LogP contribution in [0.4, 0.5) is 23.5 Å². The van der Waals surface area contributed by atoms with Crippen molar-refractivity contribution in [3.8, 4) is 22.3 Å². The van der Waals surface area contributed by atoms with Gasteiger partial charge in [-0.2, -0.15) is 19.9 Å². The van der Waals surface area contributed by atoms with E-state index in [1.807, 2.05) is 37.2 Å². The SMILES string of the molecule is CC(=O)NC1CCC(Nc2nc(NCc3ccc(-c4cccnc4)cc3)c3ncn(C(C)C)c3n2)CC1.CC(C)n1cnc2c(NCc3ccc(-c4cccnc4)cc3)nc(NC3CCC(N)CC3)nc21.CCO.NC1CCC(N)CC1. The van der Waals surface area contributed by atoms with Crippen LogP contribution >= 0.6 is 0 Å². The molecule has 3 aliphatic rings. The fraction of sp³-hybridized carbons (Fsp3) is 0.468. The highest BCUT2D eigenvalue weighted by molar-refractivity contribution is 5.85. The van der Waals surface area contributed by atoms with E-state index in [-0.39, 0.29) is 36.7 Å². The maximum absolute atomic E-state index is 11.4. The molecule has 0 bridgehead atoms. The van der Waals surface area contributed by atoms with E-state index < -0.39 is 0 Å². The van der Waals surface area contributed by atoms with Crippen molar-refractivity contribution in [3.05, 3.63) is 121 Å². The number of nitrogens with one attached hydrogen (secondary N) is 5. The summed E-state index contributed by atoms with van der Waals surface area (Å²) in [5.41, 5.74) is 27.4. The highest BCUT2D eigenvalue weighted by Gasteiger charge is 2.25. The van der Waals surface area contributed by atoms with Gasteiger partial charge in [0.05, 0.1) is 12.7 Å². The molecular weight excluding hydrogens is 1030 g/mol. The first-order chi connectivity index (χ1) is 39.7. The number of aliphatic hydroxyl groups is 1. The molecule has 3 fully saturated rings. The molecule has 0 atom stereocenters. The topological polar surface area (TPSA) is 288 Å². The number of carbonyl (C=O) groups is 1. The number of fused-ring (bicyclic) bond motifs is 2. The minimum Gasteiger partial charge on any atom is -0.397 e. The molecule has 0 saturated heterocycles. The molecule has 2 aromatic carbocycles. The lowest BCUT2D eigenvalue weighted by atomic mass is 9.91. The second kappa shape index (κ2) is 29.9. The number of nitrogens with zero attached hydrogens (tertiary/aromatic N) is 10. The average Bonchev–Trinajstić information content (AvgIpc) is 4.25. The number of aliphatic hydroxyl groups excluding tert-OH is 1. The van der Waals surface area contributed by atoms with Crippen molar-refractivity contribution in [1.29, 1.82) is 0 Å². The van der Waals surface area contributed by atoms with Gasteiger partial charge in [-0.15, -0.1) is 0 Å². The summed E-state index contributed by atoms with van der Waals surface area (Å²) in [6.45, 7) is 13.3. The number of rotatable bonds is 15. The summed E-state index contributed by atoms with van der Waals surface area (Å²) in [4.78, 5) is 48.4. The summed E-state index contributed by atoms with van der Waals surface area (Å²) in [6.07, 6.45) is 23.5. The van der Waals surface area contributed by atoms with Crippen LogP contribution in [0.5, 0.6) is 0 Å². The number of hydrogen-bond acceptors (Lipinski definition) is 17. The molecule has 0 unspecified atom stereocenters. The Morgan fingerprint density at radius 1 is 0.549 bits per heavy atom. The minimum atomic E-state index is 0.0366. The Labute approximate surface area is 482 Å². The van der Waals surface area contributed by atoms with Gasteiger partial charge < -0.3 is 58.0 Å². The van der Waals surface area contributed by atoms with Crippen LogP contribution in [0.25, 0.3) is 44.6 Å². The Morgan fingerprint density at radius 3 is 1.27 bits per heavy atom. The van der Waals surface area contributed by atoms with Gasteiger partial charge in [-0.3, -0.25) is 14.8 Å². The summed E-state index contributed by atoms with van der Waals surface area (Å²) in [5, 5.41) is 24.7. The molecule has 12 N–H and O–H groups in total. The zero-order valence-electron chi connectivity index (χ0n) is 48.7. The third kappa shape index (κ3) is 17.2. The van der Waals surface area contributed by atoms with Crippen molar-refractivity contribution in [1.82, 2.24) is 54.3 Å². The highest BCUT2D eigenvalue weighted by atomic mass is 16.2. The number of amides is 1. The molecule has 0 radical (unpaired) electrons. The van der Waals surface area contributed by atoms with Gasteiger partial charge in [-0.25, -0.2) is 9.97 Å². The van der Waals surface area contributed by atoms with Crippen molar-refractivity contribution < 1.29 is 9.90 Å². The predicted molar refractivity (Wildman–Crippen MR) is 330 cm³/mol. The molecule has 0 spiro atoms. The Kier molecular flexibility index (Phi) is 22.0. The van der Waals surface area contributed by atoms with E-state index in [2.05, 4.69) is 144 Å². The largest absolute Gasteiger partial charge is 0.397 e. The number of pyridine rings is 2. The normalized spacial score (nSPS) is 19.7. The molecule has 6 aromatic heterocycles. The zero-order valence-corrected chi connectivity index (χ0v) is 48.7. The first-order valence-electron chi connectivity index (χ1n) is 29.4. The molecule has 1 amide bonds. The second-order valence-electron chi connectivity index (χ2n) is 22.4. The van der Waals surface area contributed by atoms with Crippen molar-refractivity contribution in [3.63, 3.8) is 0 Å². The smallest absolute Gasteiger partial charge is 0.227 e. The van der Waals surface area contributed by atoms with Crippen LogP contribution in [0.3, 0.4) is 0 Å². The number of imidazole rings is 2. The Balaban J connectivity index is 0.000000182. The van der Waals surface area contributed by atoms with Gasteiger partial charge >= 0.3 is 0 Å². The monoisotopic (exact) mass is 1110 g/mol. The van der Waals surface area contributed by atoms with E-state index in [9.17, 15) is 4.79 Å². The lowest BCUT2D eigenvalue weighted by Gasteiger charge is -2.29. The number of aromatic nitrogens is 10. The Bertz CT molecular complexity index is 3170. The van der Waals surface area contributed by atoms with Gasteiger partial charge in [-0.05, 0) is 157 Å². The van der Waals surface area contributed by atoms with Crippen LogP contribution < -0.4 is 43.8 Å². The van der Waals surface area contributed by atoms with Crippen molar-refractivity contribution in [2.24, 2.45) is 17.2 Å². The van der Waals surface area contributed by atoms with Crippen LogP contribution in [0, 0.1) is 0 Å². The molecule has 436 valence electrons. The first kappa shape index (κ1) is 60.4. The molecule has 20 nitrogen and oxygen atoms in total. The fourth-order valence-electron chi connectivity index (χ4n) is 10.5. The molecule has 3 aliphatic carbocycles. The number of carbonyl (C=O) groups excluding carboxylic acids is 1. The van der Waals surface area contributed by atoms with Crippen molar-refractivity contribution in [2.45, 2.75) is 180 Å². The standard InChI is InChI=1S/C28H34N8O.C26H32N8.C6H14N2.C2H6O/c1-18(2)36-17-31-25-26(30-15-20-6-8-21(9-7-20)22-5-4-14-29-16-22)34-28(35-27(25)36)33-24-12-10-23(11-13-24)32-19(3)37;1-17(2)34-16-30-23-24(32-26(33-25(23)34)31-22-11-9-21(27)10-12-22)29-14-18-5-7-19(8-6-18)20-4-3-13-28-15-20;7-5-1-2-6(8)4-3-5;1-2-3/h4-9,14,16-18,23-24H,10-13,15H2,1-3H3,(H,32,37)(H2,30,33,34,35);3-8,13,15-17,21-22H,9-12,14,27H2,1-2H3,(H2,29,31,32,33);5-6H,1-4,7-8H2;3H,2H2,1H3. The van der Waals surface area contributed by atoms with Gasteiger partial charge in [-0.1, -0.05) is 60.7 Å². The van der Waals surface area contributed by atoms with Crippen LogP contribution in [-0.2, 0) is 17.9 Å². The van der Waals surface area contributed by atoms with Crippen molar-refractivity contribution >= 4 is 51.8 Å². The van der Waals surface area contributed by atoms with Crippen LogP contribution in [-0.4, -0.2) is 103 Å². The Morgan fingerprint density at radius 2 is 0.915 bits per heavy atom. The lowest BCUT2D eigenvalue weighted by Crippen LogP contribution is -2.39. The third-order valence-electron chi connectivity index (χ3n) is 15.2. The number of benzene rings is 2. The summed E-state index contributed by atoms with van der Waals surface area (Å²) < 4.78 is 4.16. The van der Waals surface area contributed by atoms with E-state index in [4.69, 9.17) is 42.2 Å². The number of anilines is 4. The van der Waals surface area contributed by atoms with E-state index in [1.165, 1.54) is 5.56 Å². The third-order valence-corrected chi connectivity index (χ3v) is 15.2. The predicted octanol–water partition coefficient (Wildman–Crippen LogP) is 9.92. The second-order valence-corrected chi connectivity index (χ2v) is 22.4. The molecule has 3 saturated carbocycles. The molecular formula is C62H86N18O2. The van der Waals surface area contributed by atoms with Gasteiger partial charge in [0.25, 0.3) is 0 Å². The maximum atomic E-state index is 11.4. The minimum absolute atomic E-state index is 0.0366. The van der Waals surface area contributed by atoms with E-state index in [1.54, 1.807) is 26.2 Å². The van der Waals surface area contributed by atoms with E-state index in [0.29, 0.717) is 49.2 Å². The van der Waals surface area contributed by atoms with Crippen molar-refractivity contribution in [2.75, 3.05) is 27.9 Å². The summed E-state index contributed by atoms with van der Waals surface area (Å²) in [7, 11) is 0. The molecule has 11 rings (SSSR count). The first-order valence-corrected chi connectivity index (χ1v) is 29.4. The van der Waals surface area contributed by atoms with Crippen LogP contribution in [0.1, 0.15) is 142 Å². The quantitative estimate of drug-likeness (QED) is 0.0461. The number of nitrogens with two attached hydrogens (primary N) is 3. The zero-order chi connectivity index (χ0) is 58.0. The summed E-state index contributed by atoms with van der Waals surface area (Å²) in [5.74, 6) is 2.75. The average molecular weight is 1120 g/mol. The van der Waals surface area contributed by atoms with Gasteiger partial charge in [0, 0.05) is 99.7 Å². The molecule has 8 aromatic rings. The fourth-order valence-corrected chi connectivity index (χ4v) is 10.5. The lowest BCUT2D eigenvalue weighted by molar-refractivity contribution is -0.119. The Hall–Kier alpha value is -7.65. The highest BCUT2D eigenvalue weighted by Crippen LogP contribution is 2.30. The van der Waals surface area contributed by atoms with Gasteiger partial charge in [0.15, 0.2) is 34.0 Å². The maximum Gasteiger partial charge on any atom is 0.227 e. The van der Waals surface area contributed by atoms with E-state index >= 15 is 0 Å². The summed E-state index contributed by atoms with van der Waals surface area (Å²) >= 11 is 0. The molecule has 6 heterocycles. The molecule has 82 heavy (non-hydrogen) atoms. The van der Waals surface area contributed by atoms with Gasteiger partial charge in [0.1, 0.15) is 0 Å². The molecule has 0 aliphatic heterocycles. The van der Waals surface area contributed by atoms with E-state index in [0.717, 1.165) is 139 Å². The molecule has 20 heteroatoms. The van der Waals surface area contributed by atoms with Gasteiger partial charge in [0.2, 0.25) is 17.8 Å². The van der Waals surface area contributed by atoms with Crippen LogP contribution in [0.2, 0.25) is 0 Å². The summed E-state index contributed by atoms with van der Waals surface area (Å²) in [6, 6.07) is 27.5. The number of hydrogen-bond donors (Lipinski definition) is 9.